The number of aromatic nitrogens is 1. The lowest BCUT2D eigenvalue weighted by atomic mass is 10.1. The molecule has 1 aromatic heterocycles. The van der Waals surface area contributed by atoms with Crippen molar-refractivity contribution in [2.75, 3.05) is 12.3 Å². The highest BCUT2D eigenvalue weighted by atomic mass is 79.9. The average molecular weight is 295 g/mol. The summed E-state index contributed by atoms with van der Waals surface area (Å²) in [7, 11) is 0. The summed E-state index contributed by atoms with van der Waals surface area (Å²) in [6.45, 7) is 1.68. The molecule has 0 spiro atoms. The number of alkyl halides is 2. The highest BCUT2D eigenvalue weighted by molar-refractivity contribution is 9.10. The van der Waals surface area contributed by atoms with Gasteiger partial charge >= 0.3 is 5.97 Å². The van der Waals surface area contributed by atoms with Crippen LogP contribution in [0.5, 0.6) is 0 Å². The van der Waals surface area contributed by atoms with Crippen molar-refractivity contribution in [2.45, 2.75) is 13.3 Å². The molecule has 0 saturated heterocycles. The van der Waals surface area contributed by atoms with Gasteiger partial charge in [0.25, 0.3) is 6.43 Å². The van der Waals surface area contributed by atoms with Crippen LogP contribution in [-0.4, -0.2) is 17.6 Å². The third-order valence-electron chi connectivity index (χ3n) is 1.74. The first-order valence-electron chi connectivity index (χ1n) is 4.38. The molecule has 88 valence electrons. The zero-order valence-corrected chi connectivity index (χ0v) is 9.92. The van der Waals surface area contributed by atoms with Crippen LogP contribution in [0.4, 0.5) is 14.6 Å². The summed E-state index contributed by atoms with van der Waals surface area (Å²) in [6.07, 6.45) is -2.82. The smallest absolute Gasteiger partial charge is 0.341 e. The van der Waals surface area contributed by atoms with Gasteiger partial charge in [-0.3, -0.25) is 0 Å². The van der Waals surface area contributed by atoms with Crippen LogP contribution in [0.15, 0.2) is 10.7 Å². The Kier molecular flexibility index (Phi) is 4.17. The quantitative estimate of drug-likeness (QED) is 0.687. The summed E-state index contributed by atoms with van der Waals surface area (Å²) in [6, 6.07) is 0.960. The van der Waals surface area contributed by atoms with Gasteiger partial charge in [0.15, 0.2) is 0 Å². The Balaban J connectivity index is 3.29. The minimum absolute atomic E-state index is 0.0405. The van der Waals surface area contributed by atoms with Crippen LogP contribution in [0.25, 0.3) is 0 Å². The second-order valence-corrected chi connectivity index (χ2v) is 3.57. The maximum Gasteiger partial charge on any atom is 0.341 e. The van der Waals surface area contributed by atoms with Crippen molar-refractivity contribution in [3.8, 4) is 0 Å². The fraction of sp³-hybridized carbons (Fsp3) is 0.333. The Morgan fingerprint density at radius 1 is 1.69 bits per heavy atom. The molecule has 0 aliphatic heterocycles. The summed E-state index contributed by atoms with van der Waals surface area (Å²) in [5, 5.41) is 0. The van der Waals surface area contributed by atoms with Gasteiger partial charge in [0, 0.05) is 5.56 Å². The van der Waals surface area contributed by atoms with E-state index in [1.807, 2.05) is 0 Å². The summed E-state index contributed by atoms with van der Waals surface area (Å²) in [4.78, 5) is 15.1. The lowest BCUT2D eigenvalue weighted by Gasteiger charge is -2.10. The molecule has 0 bridgehead atoms. The molecule has 4 nitrogen and oxygen atoms in total. The predicted molar refractivity (Wildman–Crippen MR) is 57.3 cm³/mol. The highest BCUT2D eigenvalue weighted by Crippen LogP contribution is 2.29. The number of anilines is 1. The number of nitrogens with two attached hydrogens (primary N) is 1. The lowest BCUT2D eigenvalue weighted by Crippen LogP contribution is -2.11. The Morgan fingerprint density at radius 2 is 2.31 bits per heavy atom. The molecule has 7 heteroatoms. The summed E-state index contributed by atoms with van der Waals surface area (Å²) in [5.41, 5.74) is 4.54. The van der Waals surface area contributed by atoms with E-state index in [9.17, 15) is 13.6 Å². The number of nitrogen functional groups attached to an aromatic ring is 1. The maximum absolute atomic E-state index is 12.7. The first-order chi connectivity index (χ1) is 7.47. The van der Waals surface area contributed by atoms with E-state index in [1.54, 1.807) is 6.92 Å². The molecule has 0 atom stereocenters. The summed E-state index contributed by atoms with van der Waals surface area (Å²) >= 11 is 2.91. The SMILES string of the molecule is CCOC(=O)c1c(C(F)F)cc(N)nc1Br. The summed E-state index contributed by atoms with van der Waals surface area (Å²) < 4.78 is 30.0. The van der Waals surface area contributed by atoms with Crippen LogP contribution in [0.1, 0.15) is 29.3 Å². The zero-order valence-electron chi connectivity index (χ0n) is 8.34. The fourth-order valence-electron chi connectivity index (χ4n) is 1.13. The van der Waals surface area contributed by atoms with Crippen LogP contribution in [-0.2, 0) is 4.74 Å². The fourth-order valence-corrected chi connectivity index (χ4v) is 1.73. The molecule has 1 heterocycles. The first-order valence-corrected chi connectivity index (χ1v) is 5.17. The molecule has 0 aliphatic rings. The van der Waals surface area contributed by atoms with E-state index < -0.39 is 18.0 Å². The minimum Gasteiger partial charge on any atom is -0.462 e. The van der Waals surface area contributed by atoms with Gasteiger partial charge in [-0.2, -0.15) is 0 Å². The van der Waals surface area contributed by atoms with E-state index in [2.05, 4.69) is 25.7 Å². The number of hydrogen-bond acceptors (Lipinski definition) is 4. The van der Waals surface area contributed by atoms with Crippen LogP contribution < -0.4 is 5.73 Å². The maximum atomic E-state index is 12.7. The zero-order chi connectivity index (χ0) is 12.3. The van der Waals surface area contributed by atoms with Crippen molar-refractivity contribution in [2.24, 2.45) is 0 Å². The van der Waals surface area contributed by atoms with Crippen molar-refractivity contribution in [3.05, 3.63) is 21.8 Å². The van der Waals surface area contributed by atoms with E-state index in [0.29, 0.717) is 0 Å². The van der Waals surface area contributed by atoms with Gasteiger partial charge in [-0.1, -0.05) is 0 Å². The molecule has 0 amide bonds. The molecule has 0 radical (unpaired) electrons. The van der Waals surface area contributed by atoms with Crippen LogP contribution >= 0.6 is 15.9 Å². The number of carbonyl (C=O) groups is 1. The van der Waals surface area contributed by atoms with Gasteiger partial charge in [-0.25, -0.2) is 18.6 Å². The van der Waals surface area contributed by atoms with E-state index in [0.717, 1.165) is 6.07 Å². The number of ether oxygens (including phenoxy) is 1. The molecule has 0 aromatic carbocycles. The highest BCUT2D eigenvalue weighted by Gasteiger charge is 2.24. The Morgan fingerprint density at radius 3 is 2.81 bits per heavy atom. The van der Waals surface area contributed by atoms with Crippen LogP contribution in [0.2, 0.25) is 0 Å². The van der Waals surface area contributed by atoms with Gasteiger partial charge in [0.2, 0.25) is 0 Å². The largest absolute Gasteiger partial charge is 0.462 e. The molecule has 0 unspecified atom stereocenters. The van der Waals surface area contributed by atoms with E-state index >= 15 is 0 Å². The van der Waals surface area contributed by atoms with Gasteiger partial charge in [-0.15, -0.1) is 0 Å². The molecule has 1 rings (SSSR count). The normalized spacial score (nSPS) is 10.6. The third-order valence-corrected chi connectivity index (χ3v) is 2.31. The number of halogens is 3. The van der Waals surface area contributed by atoms with E-state index in [4.69, 9.17) is 5.73 Å². The number of esters is 1. The lowest BCUT2D eigenvalue weighted by molar-refractivity contribution is 0.0513. The first kappa shape index (κ1) is 12.8. The van der Waals surface area contributed by atoms with Gasteiger partial charge in [-0.05, 0) is 28.9 Å². The second-order valence-electron chi connectivity index (χ2n) is 2.82. The van der Waals surface area contributed by atoms with E-state index in [1.165, 1.54) is 0 Å². The topological polar surface area (TPSA) is 65.2 Å². The average Bonchev–Trinajstić information content (AvgIpc) is 2.16. The number of nitrogens with zero attached hydrogens (tertiary/aromatic N) is 1. The van der Waals surface area contributed by atoms with Crippen LogP contribution in [0, 0.1) is 0 Å². The molecule has 0 saturated carbocycles. The third kappa shape index (κ3) is 2.66. The number of carbonyl (C=O) groups excluding carboxylic acids is 1. The Bertz CT molecular complexity index is 413. The monoisotopic (exact) mass is 294 g/mol. The van der Waals surface area contributed by atoms with E-state index in [-0.39, 0.29) is 22.6 Å². The van der Waals surface area contributed by atoms with Gasteiger partial charge in [0.1, 0.15) is 16.0 Å². The standard InChI is InChI=1S/C9H9BrF2N2O2/c1-2-16-9(15)6-4(8(11)12)3-5(13)14-7(6)10/h3,8H,2H2,1H3,(H2,13,14). The molecule has 0 aliphatic carbocycles. The van der Waals surface area contributed by atoms with Crippen molar-refractivity contribution >= 4 is 27.7 Å². The van der Waals surface area contributed by atoms with Gasteiger partial charge < -0.3 is 10.5 Å². The van der Waals surface area contributed by atoms with Crippen molar-refractivity contribution in [3.63, 3.8) is 0 Å². The molecular formula is C9H9BrF2N2O2. The van der Waals surface area contributed by atoms with Crippen molar-refractivity contribution < 1.29 is 18.3 Å². The number of hydrogen-bond donors (Lipinski definition) is 1. The van der Waals surface area contributed by atoms with Crippen molar-refractivity contribution in [1.29, 1.82) is 0 Å². The minimum atomic E-state index is -2.82. The number of rotatable bonds is 3. The molecular weight excluding hydrogens is 286 g/mol. The summed E-state index contributed by atoms with van der Waals surface area (Å²) in [5.74, 6) is -0.938. The number of pyridine rings is 1. The van der Waals surface area contributed by atoms with Gasteiger partial charge in [0.05, 0.1) is 6.61 Å². The molecule has 2 N–H and O–H groups in total. The Labute approximate surface area is 98.9 Å². The predicted octanol–water partition coefficient (Wildman–Crippen LogP) is 2.54. The molecule has 0 fully saturated rings. The Hall–Kier alpha value is -1.24. The second kappa shape index (κ2) is 5.20. The molecule has 1 aromatic rings. The molecule has 16 heavy (non-hydrogen) atoms. The van der Waals surface area contributed by atoms with Crippen molar-refractivity contribution in [1.82, 2.24) is 4.98 Å². The van der Waals surface area contributed by atoms with Crippen LogP contribution in [0.3, 0.4) is 0 Å².